The normalized spacial score (nSPS) is 11.9. The molecule has 0 aliphatic heterocycles. The number of carbonyl (C=O) groups excluding carboxylic acids is 1. The maximum atomic E-state index is 13.2. The molecule has 0 unspecified atom stereocenters. The molecule has 2 aromatic carbocycles. The van der Waals surface area contributed by atoms with Crippen LogP contribution in [0.5, 0.6) is 0 Å². The molecule has 0 bridgehead atoms. The zero-order valence-corrected chi connectivity index (χ0v) is 19.0. The van der Waals surface area contributed by atoms with Crippen molar-refractivity contribution in [1.82, 2.24) is 14.2 Å². The van der Waals surface area contributed by atoms with Crippen LogP contribution in [0.1, 0.15) is 36.8 Å². The Hall–Kier alpha value is -3.26. The molecule has 0 atom stereocenters. The number of amides is 1. The fourth-order valence-corrected chi connectivity index (χ4v) is 4.11. The first-order valence-corrected chi connectivity index (χ1v) is 10.7. The van der Waals surface area contributed by atoms with Crippen LogP contribution in [-0.4, -0.2) is 26.3 Å². The molecule has 2 aromatic heterocycles. The number of hydrogen-bond acceptors (Lipinski definition) is 4. The van der Waals surface area contributed by atoms with Crippen molar-refractivity contribution in [3.05, 3.63) is 74.4 Å². The smallest absolute Gasteiger partial charge is 0.282 e. The maximum absolute atomic E-state index is 13.2. The highest BCUT2D eigenvalue weighted by Crippen LogP contribution is 2.25. The van der Waals surface area contributed by atoms with Gasteiger partial charge >= 0.3 is 0 Å². The van der Waals surface area contributed by atoms with Crippen molar-refractivity contribution in [3.63, 3.8) is 0 Å². The molecule has 0 fully saturated rings. The van der Waals surface area contributed by atoms with Crippen molar-refractivity contribution < 1.29 is 4.79 Å². The summed E-state index contributed by atoms with van der Waals surface area (Å²) in [6.07, 6.45) is 1.66. The summed E-state index contributed by atoms with van der Waals surface area (Å²) < 4.78 is 4.03. The van der Waals surface area contributed by atoms with E-state index < -0.39 is 5.91 Å². The Balaban J connectivity index is 1.93. The summed E-state index contributed by atoms with van der Waals surface area (Å²) in [7, 11) is 0. The topological polar surface area (TPSA) is 95.3 Å². The molecule has 4 aromatic rings. The van der Waals surface area contributed by atoms with E-state index >= 15 is 0 Å². The minimum absolute atomic E-state index is 0.00445. The van der Waals surface area contributed by atoms with Crippen LogP contribution in [-0.2, 0) is 11.3 Å². The number of nitrogens with two attached hydrogens (primary N) is 1. The van der Waals surface area contributed by atoms with Gasteiger partial charge in [0, 0.05) is 32.6 Å². The second kappa shape index (κ2) is 8.11. The number of para-hydroxylation sites is 1. The lowest BCUT2D eigenvalue weighted by molar-refractivity contribution is -0.118. The molecule has 0 saturated carbocycles. The van der Waals surface area contributed by atoms with Gasteiger partial charge in [0.1, 0.15) is 12.4 Å². The lowest BCUT2D eigenvalue weighted by Gasteiger charge is -2.12. The van der Waals surface area contributed by atoms with Crippen LogP contribution in [0.25, 0.3) is 21.8 Å². The minimum Gasteiger partial charge on any atom is -0.368 e. The third-order valence-corrected chi connectivity index (χ3v) is 5.74. The van der Waals surface area contributed by atoms with Gasteiger partial charge in [0.15, 0.2) is 0 Å². The molecule has 7 nitrogen and oxygen atoms in total. The molecule has 0 aliphatic rings. The summed E-state index contributed by atoms with van der Waals surface area (Å²) in [6, 6.07) is 13.2. The number of nitrogens with zero attached hydrogens (tertiary/aromatic N) is 4. The lowest BCUT2D eigenvalue weighted by Crippen LogP contribution is -2.23. The van der Waals surface area contributed by atoms with Crippen molar-refractivity contribution in [2.75, 3.05) is 0 Å². The quantitative estimate of drug-likeness (QED) is 0.439. The second-order valence-corrected chi connectivity index (χ2v) is 8.63. The van der Waals surface area contributed by atoms with Crippen LogP contribution in [0.15, 0.2) is 56.8 Å². The monoisotopic (exact) mass is 479 g/mol. The molecule has 0 aliphatic carbocycles. The molecule has 0 spiro atoms. The standard InChI is InChI=1S/C23H22BrN5O2/c1-13(2)22-27-19-9-8-15(24)10-17(19)23(31)29(22)26-11-18-14(3)28(12-21(25)30)20-7-5-4-6-16(18)20/h4-11,13H,12H2,1-3H3,(H2,25,30). The molecular formula is C23H22BrN5O2. The van der Waals surface area contributed by atoms with E-state index in [2.05, 4.69) is 26.0 Å². The van der Waals surface area contributed by atoms with Gasteiger partial charge in [-0.3, -0.25) is 9.59 Å². The van der Waals surface area contributed by atoms with Gasteiger partial charge in [-0.15, -0.1) is 0 Å². The summed E-state index contributed by atoms with van der Waals surface area (Å²) >= 11 is 3.42. The van der Waals surface area contributed by atoms with E-state index in [1.165, 1.54) is 4.68 Å². The van der Waals surface area contributed by atoms with E-state index in [4.69, 9.17) is 5.73 Å². The molecule has 2 heterocycles. The Kier molecular flexibility index (Phi) is 5.49. The second-order valence-electron chi connectivity index (χ2n) is 7.72. The van der Waals surface area contributed by atoms with E-state index in [1.807, 2.05) is 61.7 Å². The highest BCUT2D eigenvalue weighted by Gasteiger charge is 2.16. The first kappa shape index (κ1) is 21.0. The third-order valence-electron chi connectivity index (χ3n) is 5.25. The van der Waals surface area contributed by atoms with Crippen LogP contribution in [0.2, 0.25) is 0 Å². The number of aromatic nitrogens is 3. The average Bonchev–Trinajstić information content (AvgIpc) is 2.98. The Morgan fingerprint density at radius 1 is 1.23 bits per heavy atom. The Morgan fingerprint density at radius 3 is 2.68 bits per heavy atom. The Morgan fingerprint density at radius 2 is 1.97 bits per heavy atom. The van der Waals surface area contributed by atoms with Gasteiger partial charge in [-0.2, -0.15) is 9.78 Å². The summed E-state index contributed by atoms with van der Waals surface area (Å²) in [5, 5.41) is 5.97. The Labute approximate surface area is 187 Å². The van der Waals surface area contributed by atoms with Crippen molar-refractivity contribution in [2.45, 2.75) is 33.2 Å². The van der Waals surface area contributed by atoms with Crippen LogP contribution in [0.3, 0.4) is 0 Å². The SMILES string of the molecule is Cc1c(C=Nn2c(C(C)C)nc3ccc(Br)cc3c2=O)c2ccccc2n1CC(N)=O. The number of carbonyl (C=O) groups is 1. The van der Waals surface area contributed by atoms with Gasteiger partial charge in [0.2, 0.25) is 5.91 Å². The zero-order valence-electron chi connectivity index (χ0n) is 17.5. The maximum Gasteiger partial charge on any atom is 0.282 e. The van der Waals surface area contributed by atoms with E-state index in [0.29, 0.717) is 16.7 Å². The highest BCUT2D eigenvalue weighted by atomic mass is 79.9. The third kappa shape index (κ3) is 3.79. The molecule has 0 saturated heterocycles. The van der Waals surface area contributed by atoms with Gasteiger partial charge in [-0.25, -0.2) is 4.98 Å². The number of benzene rings is 2. The number of rotatable bonds is 5. The van der Waals surface area contributed by atoms with Crippen LogP contribution >= 0.6 is 15.9 Å². The highest BCUT2D eigenvalue weighted by molar-refractivity contribution is 9.10. The largest absolute Gasteiger partial charge is 0.368 e. The molecule has 2 N–H and O–H groups in total. The Bertz CT molecular complexity index is 1420. The molecule has 8 heteroatoms. The van der Waals surface area contributed by atoms with Crippen molar-refractivity contribution in [3.8, 4) is 0 Å². The predicted molar refractivity (Wildman–Crippen MR) is 127 cm³/mol. The van der Waals surface area contributed by atoms with Crippen LogP contribution in [0, 0.1) is 6.92 Å². The summed E-state index contributed by atoms with van der Waals surface area (Å²) in [5.74, 6) is 0.153. The van der Waals surface area contributed by atoms with Gasteiger partial charge in [0.05, 0.1) is 17.1 Å². The predicted octanol–water partition coefficient (Wildman–Crippen LogP) is 3.91. The van der Waals surface area contributed by atoms with Crippen molar-refractivity contribution >= 4 is 49.9 Å². The van der Waals surface area contributed by atoms with Gasteiger partial charge < -0.3 is 10.3 Å². The van der Waals surface area contributed by atoms with Gasteiger partial charge in [0.25, 0.3) is 5.56 Å². The number of primary amides is 1. The first-order valence-electron chi connectivity index (χ1n) is 9.90. The molecule has 158 valence electrons. The van der Waals surface area contributed by atoms with E-state index in [1.54, 1.807) is 12.3 Å². The van der Waals surface area contributed by atoms with E-state index in [0.717, 1.165) is 26.6 Å². The van der Waals surface area contributed by atoms with E-state index in [-0.39, 0.29) is 18.0 Å². The summed E-state index contributed by atoms with van der Waals surface area (Å²) in [4.78, 5) is 29.5. The number of fused-ring (bicyclic) bond motifs is 2. The molecular weight excluding hydrogens is 458 g/mol. The fraction of sp³-hybridized carbons (Fsp3) is 0.217. The molecule has 1 amide bonds. The van der Waals surface area contributed by atoms with Crippen molar-refractivity contribution in [1.29, 1.82) is 0 Å². The van der Waals surface area contributed by atoms with Crippen LogP contribution in [0.4, 0.5) is 0 Å². The van der Waals surface area contributed by atoms with Crippen molar-refractivity contribution in [2.24, 2.45) is 10.8 Å². The number of halogens is 1. The summed E-state index contributed by atoms with van der Waals surface area (Å²) in [6.45, 7) is 5.93. The van der Waals surface area contributed by atoms with Crippen LogP contribution < -0.4 is 11.3 Å². The number of hydrogen-bond donors (Lipinski definition) is 1. The summed E-state index contributed by atoms with van der Waals surface area (Å²) in [5.41, 5.74) is 8.41. The zero-order chi connectivity index (χ0) is 22.3. The molecule has 0 radical (unpaired) electrons. The fourth-order valence-electron chi connectivity index (χ4n) is 3.75. The molecule has 4 rings (SSSR count). The first-order chi connectivity index (χ1) is 14.8. The van der Waals surface area contributed by atoms with Gasteiger partial charge in [-0.1, -0.05) is 48.0 Å². The minimum atomic E-state index is -0.421. The lowest BCUT2D eigenvalue weighted by atomic mass is 10.1. The molecule has 31 heavy (non-hydrogen) atoms. The van der Waals surface area contributed by atoms with Gasteiger partial charge in [-0.05, 0) is 31.2 Å². The van der Waals surface area contributed by atoms with E-state index in [9.17, 15) is 9.59 Å². The average molecular weight is 480 g/mol.